The largest absolute Gasteiger partial charge is 0.454 e. The maximum atomic E-state index is 5.74. The summed E-state index contributed by atoms with van der Waals surface area (Å²) in [6.07, 6.45) is 1.82. The number of anilines is 1. The number of benzene rings is 1. The number of fused-ring (bicyclic) bond motifs is 1. The van der Waals surface area contributed by atoms with Crippen molar-refractivity contribution < 1.29 is 9.47 Å². The van der Waals surface area contributed by atoms with Crippen molar-refractivity contribution in [2.45, 2.75) is 19.0 Å². The third kappa shape index (κ3) is 2.74. The van der Waals surface area contributed by atoms with Crippen molar-refractivity contribution in [3.8, 4) is 11.5 Å². The highest BCUT2D eigenvalue weighted by molar-refractivity contribution is 7.80. The van der Waals surface area contributed by atoms with E-state index in [-0.39, 0.29) is 18.9 Å². The molecular weight excluding hydrogens is 378 g/mol. The van der Waals surface area contributed by atoms with Crippen molar-refractivity contribution in [3.63, 3.8) is 0 Å². The van der Waals surface area contributed by atoms with E-state index in [0.717, 1.165) is 22.9 Å². The highest BCUT2D eigenvalue weighted by atomic mass is 32.1. The van der Waals surface area contributed by atoms with E-state index in [0.29, 0.717) is 5.11 Å². The fourth-order valence-electron chi connectivity index (χ4n) is 3.62. The van der Waals surface area contributed by atoms with Gasteiger partial charge in [0.2, 0.25) is 6.79 Å². The summed E-state index contributed by atoms with van der Waals surface area (Å²) in [7, 11) is 0. The predicted octanol–water partition coefficient (Wildman–Crippen LogP) is 4.36. The van der Waals surface area contributed by atoms with Gasteiger partial charge >= 0.3 is 0 Å². The van der Waals surface area contributed by atoms with Gasteiger partial charge in [-0.1, -0.05) is 6.07 Å². The van der Waals surface area contributed by atoms with Gasteiger partial charge < -0.3 is 19.7 Å². The van der Waals surface area contributed by atoms with Crippen LogP contribution in [0.15, 0.2) is 54.0 Å². The number of pyridine rings is 1. The number of hydrogen-bond donors (Lipinski definition) is 1. The lowest BCUT2D eigenvalue weighted by atomic mass is 10.0. The van der Waals surface area contributed by atoms with Crippen molar-refractivity contribution >= 4 is 34.4 Å². The lowest BCUT2D eigenvalue weighted by Gasteiger charge is -2.27. The van der Waals surface area contributed by atoms with E-state index in [4.69, 9.17) is 21.7 Å². The Balaban J connectivity index is 1.63. The fourth-order valence-corrected chi connectivity index (χ4v) is 5.02. The molecule has 3 aromatic rings. The predicted molar refractivity (Wildman–Crippen MR) is 110 cm³/mol. The molecule has 5 nitrogen and oxygen atoms in total. The van der Waals surface area contributed by atoms with E-state index in [2.05, 4.69) is 33.6 Å². The van der Waals surface area contributed by atoms with Gasteiger partial charge in [-0.2, -0.15) is 0 Å². The standard InChI is InChI=1S/C20H17N3O2S2/c1-12-7-9-27-19(12)18-17(14-4-2-3-8-21-14)22-20(26)23(18)13-5-6-15-16(10-13)25-11-24-15/h2-10,17-18H,11H2,1H3,(H,22,26)/t17-,18+/m1/s1. The van der Waals surface area contributed by atoms with Crippen molar-refractivity contribution in [3.05, 3.63) is 70.2 Å². The van der Waals surface area contributed by atoms with Crippen LogP contribution < -0.4 is 19.7 Å². The first-order valence-electron chi connectivity index (χ1n) is 8.66. The smallest absolute Gasteiger partial charge is 0.231 e. The first-order chi connectivity index (χ1) is 13.2. The van der Waals surface area contributed by atoms with Crippen LogP contribution in [-0.4, -0.2) is 16.9 Å². The third-order valence-electron chi connectivity index (χ3n) is 4.90. The van der Waals surface area contributed by atoms with Gasteiger partial charge in [-0.3, -0.25) is 4.98 Å². The first kappa shape index (κ1) is 16.5. The Hall–Kier alpha value is -2.64. The summed E-state index contributed by atoms with van der Waals surface area (Å²) in [5.41, 5.74) is 3.21. The van der Waals surface area contributed by atoms with Crippen LogP contribution in [0, 0.1) is 6.92 Å². The molecule has 2 atom stereocenters. The topological polar surface area (TPSA) is 46.6 Å². The average molecular weight is 396 g/mol. The molecule has 0 bridgehead atoms. The van der Waals surface area contributed by atoms with Crippen LogP contribution in [0.5, 0.6) is 11.5 Å². The third-order valence-corrected chi connectivity index (χ3v) is 6.31. The van der Waals surface area contributed by atoms with E-state index in [1.165, 1.54) is 10.4 Å². The minimum Gasteiger partial charge on any atom is -0.454 e. The summed E-state index contributed by atoms with van der Waals surface area (Å²) in [5.74, 6) is 1.51. The van der Waals surface area contributed by atoms with Crippen LogP contribution in [0.2, 0.25) is 0 Å². The molecule has 2 aliphatic rings. The second kappa shape index (κ2) is 6.51. The molecule has 1 fully saturated rings. The summed E-state index contributed by atoms with van der Waals surface area (Å²) in [6.45, 7) is 2.39. The summed E-state index contributed by atoms with van der Waals surface area (Å²) in [5, 5.41) is 6.29. The van der Waals surface area contributed by atoms with Gasteiger partial charge in [0.1, 0.15) is 0 Å². The molecule has 7 heteroatoms. The van der Waals surface area contributed by atoms with Gasteiger partial charge in [-0.15, -0.1) is 11.3 Å². The van der Waals surface area contributed by atoms with E-state index in [1.807, 2.05) is 42.6 Å². The number of aromatic nitrogens is 1. The molecule has 0 radical (unpaired) electrons. The molecule has 0 unspecified atom stereocenters. The molecule has 1 saturated heterocycles. The number of nitrogens with one attached hydrogen (secondary N) is 1. The molecule has 1 N–H and O–H groups in total. The minimum absolute atomic E-state index is 0.0211. The van der Waals surface area contributed by atoms with Gasteiger partial charge in [-0.05, 0) is 60.4 Å². The van der Waals surface area contributed by atoms with Crippen LogP contribution in [0.25, 0.3) is 0 Å². The van der Waals surface area contributed by atoms with Gasteiger partial charge in [0.15, 0.2) is 16.6 Å². The molecule has 4 heterocycles. The Bertz CT molecular complexity index is 1010. The molecule has 5 rings (SSSR count). The lowest BCUT2D eigenvalue weighted by molar-refractivity contribution is 0.174. The number of hydrogen-bond acceptors (Lipinski definition) is 5. The van der Waals surface area contributed by atoms with E-state index >= 15 is 0 Å². The molecule has 27 heavy (non-hydrogen) atoms. The summed E-state index contributed by atoms with van der Waals surface area (Å²) in [4.78, 5) is 8.02. The van der Waals surface area contributed by atoms with E-state index < -0.39 is 0 Å². The maximum absolute atomic E-state index is 5.74. The van der Waals surface area contributed by atoms with E-state index in [1.54, 1.807) is 11.3 Å². The Morgan fingerprint density at radius 2 is 2.07 bits per heavy atom. The Labute approximate surface area is 166 Å². The molecule has 0 amide bonds. The molecule has 2 aliphatic heterocycles. The number of thiocarbonyl (C=S) groups is 1. The SMILES string of the molecule is Cc1ccsc1[C@@H]1[C@@H](c2ccccn2)NC(=S)N1c1ccc2c(c1)OCO2. The Kier molecular flexibility index (Phi) is 3.98. The molecule has 2 aromatic heterocycles. The summed E-state index contributed by atoms with van der Waals surface area (Å²) < 4.78 is 11.0. The van der Waals surface area contributed by atoms with Gasteiger partial charge in [0, 0.05) is 22.8 Å². The van der Waals surface area contributed by atoms with Gasteiger partial charge in [-0.25, -0.2) is 0 Å². The Morgan fingerprint density at radius 1 is 1.19 bits per heavy atom. The molecule has 0 saturated carbocycles. The Morgan fingerprint density at radius 3 is 2.85 bits per heavy atom. The molecule has 0 aliphatic carbocycles. The van der Waals surface area contributed by atoms with Crippen molar-refractivity contribution in [2.75, 3.05) is 11.7 Å². The first-order valence-corrected chi connectivity index (χ1v) is 9.95. The van der Waals surface area contributed by atoms with Crippen LogP contribution in [0.4, 0.5) is 5.69 Å². The second-order valence-corrected chi connectivity index (χ2v) is 7.84. The minimum atomic E-state index is -0.0264. The molecule has 1 aromatic carbocycles. The van der Waals surface area contributed by atoms with E-state index in [9.17, 15) is 0 Å². The number of ether oxygens (including phenoxy) is 2. The fraction of sp³-hybridized carbons (Fsp3) is 0.200. The summed E-state index contributed by atoms with van der Waals surface area (Å²) in [6, 6.07) is 14.1. The summed E-state index contributed by atoms with van der Waals surface area (Å²) >= 11 is 7.49. The van der Waals surface area contributed by atoms with Crippen molar-refractivity contribution in [1.82, 2.24) is 10.3 Å². The van der Waals surface area contributed by atoms with Gasteiger partial charge in [0.25, 0.3) is 0 Å². The molecule has 136 valence electrons. The number of thiophene rings is 1. The zero-order valence-electron chi connectivity index (χ0n) is 14.6. The number of nitrogens with zero attached hydrogens (tertiary/aromatic N) is 2. The van der Waals surface area contributed by atoms with Gasteiger partial charge in [0.05, 0.1) is 17.8 Å². The van der Waals surface area contributed by atoms with Crippen molar-refractivity contribution in [1.29, 1.82) is 0 Å². The number of aryl methyl sites for hydroxylation is 1. The average Bonchev–Trinajstić information content (AvgIpc) is 3.40. The zero-order chi connectivity index (χ0) is 18.4. The van der Waals surface area contributed by atoms with Crippen molar-refractivity contribution in [2.24, 2.45) is 0 Å². The van der Waals surface area contributed by atoms with Crippen LogP contribution in [0.1, 0.15) is 28.2 Å². The lowest BCUT2D eigenvalue weighted by Crippen LogP contribution is -2.29. The molecule has 0 spiro atoms. The highest BCUT2D eigenvalue weighted by Crippen LogP contribution is 2.46. The van der Waals surface area contributed by atoms with Crippen LogP contribution in [-0.2, 0) is 0 Å². The monoisotopic (exact) mass is 395 g/mol. The quantitative estimate of drug-likeness (QED) is 0.665. The second-order valence-electron chi connectivity index (χ2n) is 6.50. The molecular formula is C20H17N3O2S2. The highest BCUT2D eigenvalue weighted by Gasteiger charge is 2.42. The van der Waals surface area contributed by atoms with Crippen LogP contribution >= 0.6 is 23.6 Å². The zero-order valence-corrected chi connectivity index (χ0v) is 16.2. The normalized spacial score (nSPS) is 20.8. The number of rotatable bonds is 3. The maximum Gasteiger partial charge on any atom is 0.231 e. The van der Waals surface area contributed by atoms with Crippen LogP contribution in [0.3, 0.4) is 0 Å².